The molecule has 0 aromatic rings. The quantitative estimate of drug-likeness (QED) is 0.525. The molecule has 2 heteroatoms. The molecule has 0 saturated carbocycles. The summed E-state index contributed by atoms with van der Waals surface area (Å²) in [6, 6.07) is 0.740. The number of fused-ring (bicyclic) bond motifs is 1. The predicted molar refractivity (Wildman–Crippen MR) is 49.7 cm³/mol. The van der Waals surface area contributed by atoms with Crippen LogP contribution in [0.3, 0.4) is 0 Å². The van der Waals surface area contributed by atoms with Gasteiger partial charge in [-0.15, -0.1) is 0 Å². The van der Waals surface area contributed by atoms with Crippen LogP contribution in [0.25, 0.3) is 0 Å². The monoisotopic (exact) mass is 168 g/mol. The van der Waals surface area contributed by atoms with E-state index in [2.05, 4.69) is 25.8 Å². The SMILES string of the molecule is [CH2-][NH+]1C[C@H]2CN(C(C)C)C[C@H]2C1. The Labute approximate surface area is 75.5 Å². The summed E-state index contributed by atoms with van der Waals surface area (Å²) in [6.45, 7) is 9.84. The van der Waals surface area contributed by atoms with Crippen LogP contribution in [0.5, 0.6) is 0 Å². The third-order valence-corrected chi connectivity index (χ3v) is 3.44. The van der Waals surface area contributed by atoms with Crippen molar-refractivity contribution in [1.29, 1.82) is 0 Å². The molecule has 1 unspecified atom stereocenters. The van der Waals surface area contributed by atoms with Gasteiger partial charge in [-0.25, -0.2) is 0 Å². The fraction of sp³-hybridized carbons (Fsp3) is 0.900. The third kappa shape index (κ3) is 1.38. The van der Waals surface area contributed by atoms with Crippen LogP contribution in [-0.4, -0.2) is 37.1 Å². The lowest BCUT2D eigenvalue weighted by Gasteiger charge is -2.23. The molecular formula is C10H20N2. The molecule has 0 spiro atoms. The lowest BCUT2D eigenvalue weighted by atomic mass is 10.0. The van der Waals surface area contributed by atoms with E-state index in [1.54, 1.807) is 0 Å². The van der Waals surface area contributed by atoms with Gasteiger partial charge in [0.15, 0.2) is 0 Å². The maximum absolute atomic E-state index is 4.09. The standard InChI is InChI=1S/C10H20N2/c1-8(2)12-6-9-4-11(3)5-10(9)7-12/h8-11H,3-7H2,1-2H3/t9-,10+. The Kier molecular flexibility index (Phi) is 2.13. The highest BCUT2D eigenvalue weighted by atomic mass is 15.2. The van der Waals surface area contributed by atoms with E-state index in [4.69, 9.17) is 0 Å². The van der Waals surface area contributed by atoms with Crippen molar-refractivity contribution in [3.63, 3.8) is 0 Å². The zero-order valence-corrected chi connectivity index (χ0v) is 8.21. The van der Waals surface area contributed by atoms with Crippen molar-refractivity contribution >= 4 is 0 Å². The minimum atomic E-state index is 0.740. The van der Waals surface area contributed by atoms with Gasteiger partial charge in [0.05, 0.1) is 13.1 Å². The minimum Gasteiger partial charge on any atom is -0.467 e. The van der Waals surface area contributed by atoms with Crippen molar-refractivity contribution in [3.8, 4) is 0 Å². The van der Waals surface area contributed by atoms with Crippen LogP contribution >= 0.6 is 0 Å². The van der Waals surface area contributed by atoms with E-state index in [0.29, 0.717) is 0 Å². The molecule has 12 heavy (non-hydrogen) atoms. The Bertz CT molecular complexity index is 153. The summed E-state index contributed by atoms with van der Waals surface area (Å²) in [5.74, 6) is 1.89. The highest BCUT2D eigenvalue weighted by Crippen LogP contribution is 2.25. The van der Waals surface area contributed by atoms with Crippen LogP contribution in [0.2, 0.25) is 0 Å². The van der Waals surface area contributed by atoms with Crippen LogP contribution in [-0.2, 0) is 0 Å². The van der Waals surface area contributed by atoms with Gasteiger partial charge in [0.25, 0.3) is 0 Å². The van der Waals surface area contributed by atoms with Gasteiger partial charge in [-0.3, -0.25) is 4.90 Å². The van der Waals surface area contributed by atoms with Crippen molar-refractivity contribution < 1.29 is 4.90 Å². The minimum absolute atomic E-state index is 0.740. The van der Waals surface area contributed by atoms with Gasteiger partial charge in [-0.1, -0.05) is 0 Å². The van der Waals surface area contributed by atoms with Crippen molar-refractivity contribution in [1.82, 2.24) is 4.90 Å². The highest BCUT2D eigenvalue weighted by molar-refractivity contribution is 4.87. The number of hydrogen-bond acceptors (Lipinski definition) is 1. The first kappa shape index (κ1) is 8.52. The number of likely N-dealkylation sites (tertiary alicyclic amines) is 2. The van der Waals surface area contributed by atoms with Crippen LogP contribution in [0.4, 0.5) is 0 Å². The molecule has 2 nitrogen and oxygen atoms in total. The Morgan fingerprint density at radius 3 is 2.17 bits per heavy atom. The molecule has 2 fully saturated rings. The first-order chi connectivity index (χ1) is 5.66. The van der Waals surface area contributed by atoms with E-state index < -0.39 is 0 Å². The molecule has 2 aliphatic heterocycles. The lowest BCUT2D eigenvalue weighted by molar-refractivity contribution is -0.843. The van der Waals surface area contributed by atoms with E-state index in [1.165, 1.54) is 31.1 Å². The van der Waals surface area contributed by atoms with Gasteiger partial charge < -0.3 is 4.90 Å². The Balaban J connectivity index is 1.93. The number of nitrogens with one attached hydrogen (secondary N) is 1. The van der Waals surface area contributed by atoms with Crippen molar-refractivity contribution in [3.05, 3.63) is 7.05 Å². The first-order valence-corrected chi connectivity index (χ1v) is 5.07. The molecule has 0 aromatic heterocycles. The summed E-state index contributed by atoms with van der Waals surface area (Å²) < 4.78 is 0. The zero-order chi connectivity index (χ0) is 8.72. The van der Waals surface area contributed by atoms with Crippen molar-refractivity contribution in [2.24, 2.45) is 11.8 Å². The van der Waals surface area contributed by atoms with Crippen LogP contribution in [0.15, 0.2) is 0 Å². The summed E-state index contributed by atoms with van der Waals surface area (Å²) in [6.07, 6.45) is 0. The van der Waals surface area contributed by atoms with E-state index in [9.17, 15) is 0 Å². The fourth-order valence-electron chi connectivity index (χ4n) is 2.68. The number of quaternary nitrogens is 1. The van der Waals surface area contributed by atoms with Gasteiger partial charge in [-0.05, 0) is 13.8 Å². The average molecular weight is 168 g/mol. The van der Waals surface area contributed by atoms with Gasteiger partial charge >= 0.3 is 0 Å². The van der Waals surface area contributed by atoms with Gasteiger partial charge in [0, 0.05) is 31.0 Å². The first-order valence-electron chi connectivity index (χ1n) is 5.07. The predicted octanol–water partition coefficient (Wildman–Crippen LogP) is -0.367. The summed E-state index contributed by atoms with van der Waals surface area (Å²) in [5, 5.41) is 0. The second-order valence-electron chi connectivity index (χ2n) is 4.73. The topological polar surface area (TPSA) is 7.68 Å². The van der Waals surface area contributed by atoms with E-state index >= 15 is 0 Å². The third-order valence-electron chi connectivity index (χ3n) is 3.44. The van der Waals surface area contributed by atoms with Gasteiger partial charge in [0.2, 0.25) is 0 Å². The van der Waals surface area contributed by atoms with Gasteiger partial charge in [0.1, 0.15) is 0 Å². The molecule has 2 aliphatic rings. The van der Waals surface area contributed by atoms with Crippen LogP contribution in [0, 0.1) is 18.9 Å². The summed E-state index contributed by atoms with van der Waals surface area (Å²) in [4.78, 5) is 4.11. The molecule has 0 radical (unpaired) electrons. The summed E-state index contributed by atoms with van der Waals surface area (Å²) in [7, 11) is 4.09. The second-order valence-corrected chi connectivity index (χ2v) is 4.73. The summed E-state index contributed by atoms with van der Waals surface area (Å²) >= 11 is 0. The van der Waals surface area contributed by atoms with E-state index in [1.807, 2.05) is 0 Å². The maximum Gasteiger partial charge on any atom is 0.0576 e. The Morgan fingerprint density at radius 1 is 1.25 bits per heavy atom. The average Bonchev–Trinajstić information content (AvgIpc) is 2.42. The van der Waals surface area contributed by atoms with Crippen LogP contribution < -0.4 is 4.90 Å². The highest BCUT2D eigenvalue weighted by Gasteiger charge is 2.40. The molecule has 2 heterocycles. The zero-order valence-electron chi connectivity index (χ0n) is 8.21. The molecule has 70 valence electrons. The molecule has 0 bridgehead atoms. The molecule has 0 amide bonds. The van der Waals surface area contributed by atoms with Gasteiger partial charge in [-0.2, -0.15) is 7.05 Å². The molecule has 1 N–H and O–H groups in total. The second kappa shape index (κ2) is 3.00. The molecule has 0 aromatic carbocycles. The number of rotatable bonds is 1. The largest absolute Gasteiger partial charge is 0.467 e. The lowest BCUT2D eigenvalue weighted by Crippen LogP contribution is -3.05. The number of hydrogen-bond donors (Lipinski definition) is 1. The number of nitrogens with zero attached hydrogens (tertiary/aromatic N) is 1. The normalized spacial score (nSPS) is 42.5. The maximum atomic E-state index is 4.09. The van der Waals surface area contributed by atoms with Crippen molar-refractivity contribution in [2.75, 3.05) is 26.2 Å². The fourth-order valence-corrected chi connectivity index (χ4v) is 2.68. The van der Waals surface area contributed by atoms with E-state index in [-0.39, 0.29) is 0 Å². The smallest absolute Gasteiger partial charge is 0.0576 e. The summed E-state index contributed by atoms with van der Waals surface area (Å²) in [5.41, 5.74) is 0. The molecule has 3 atom stereocenters. The van der Waals surface area contributed by atoms with Crippen LogP contribution in [0.1, 0.15) is 13.8 Å². The molecule has 2 rings (SSSR count). The molecular weight excluding hydrogens is 148 g/mol. The van der Waals surface area contributed by atoms with E-state index in [0.717, 1.165) is 17.9 Å². The Hall–Kier alpha value is -0.0800. The Morgan fingerprint density at radius 2 is 1.75 bits per heavy atom. The molecule has 0 aliphatic carbocycles. The van der Waals surface area contributed by atoms with Crippen molar-refractivity contribution in [2.45, 2.75) is 19.9 Å². The molecule has 2 saturated heterocycles.